The number of rotatable bonds is 2. The van der Waals surface area contributed by atoms with Crippen molar-refractivity contribution in [2.75, 3.05) is 0 Å². The van der Waals surface area contributed by atoms with Gasteiger partial charge in [-0.2, -0.15) is 18.3 Å². The molecule has 0 aliphatic heterocycles. The summed E-state index contributed by atoms with van der Waals surface area (Å²) in [5.74, 6) is 0. The van der Waals surface area contributed by atoms with Gasteiger partial charge in [0.1, 0.15) is 6.54 Å². The second-order valence-corrected chi connectivity index (χ2v) is 4.33. The first-order chi connectivity index (χ1) is 7.97. The monoisotopic (exact) mass is 304 g/mol. The molecule has 0 radical (unpaired) electrons. The van der Waals surface area contributed by atoms with Crippen LogP contribution in [-0.2, 0) is 6.54 Å². The third-order valence-corrected chi connectivity index (χ3v) is 2.75. The van der Waals surface area contributed by atoms with E-state index in [4.69, 9.17) is 0 Å². The molecule has 90 valence electrons. The van der Waals surface area contributed by atoms with Gasteiger partial charge < -0.3 is 0 Å². The molecule has 0 fully saturated rings. The first kappa shape index (κ1) is 12.2. The van der Waals surface area contributed by atoms with Crippen molar-refractivity contribution in [3.8, 4) is 11.3 Å². The van der Waals surface area contributed by atoms with Gasteiger partial charge in [-0.05, 0) is 15.9 Å². The molecule has 0 saturated carbocycles. The van der Waals surface area contributed by atoms with Crippen LogP contribution in [0.15, 0.2) is 41.0 Å². The highest BCUT2D eigenvalue weighted by molar-refractivity contribution is 9.10. The minimum Gasteiger partial charge on any atom is -0.255 e. The minimum atomic E-state index is -4.28. The number of nitrogens with zero attached hydrogens (tertiary/aromatic N) is 2. The number of hydrogen-bond donors (Lipinski definition) is 0. The van der Waals surface area contributed by atoms with Gasteiger partial charge in [0.2, 0.25) is 0 Å². The van der Waals surface area contributed by atoms with Gasteiger partial charge in [-0.15, -0.1) is 0 Å². The standard InChI is InChI=1S/C11H8BrF3N2/c12-9-6-16-17(7-11(13,14)15)10(9)8-4-2-1-3-5-8/h1-6H,7H2. The van der Waals surface area contributed by atoms with Crippen molar-refractivity contribution in [3.05, 3.63) is 41.0 Å². The molecule has 0 atom stereocenters. The Bertz CT molecular complexity index is 505. The lowest BCUT2D eigenvalue weighted by atomic mass is 10.1. The molecular weight excluding hydrogens is 297 g/mol. The van der Waals surface area contributed by atoms with Gasteiger partial charge in [-0.25, -0.2) is 0 Å². The summed E-state index contributed by atoms with van der Waals surface area (Å²) in [7, 11) is 0. The van der Waals surface area contributed by atoms with Crippen LogP contribution in [0.4, 0.5) is 13.2 Å². The number of hydrogen-bond acceptors (Lipinski definition) is 1. The molecule has 0 amide bonds. The van der Waals surface area contributed by atoms with Gasteiger partial charge in [0.05, 0.1) is 16.4 Å². The predicted octanol–water partition coefficient (Wildman–Crippen LogP) is 3.87. The van der Waals surface area contributed by atoms with Crippen LogP contribution in [0.25, 0.3) is 11.3 Å². The van der Waals surface area contributed by atoms with E-state index in [9.17, 15) is 13.2 Å². The average Bonchev–Trinajstić information content (AvgIpc) is 2.58. The Morgan fingerprint density at radius 3 is 2.41 bits per heavy atom. The molecule has 0 spiro atoms. The van der Waals surface area contributed by atoms with Gasteiger partial charge >= 0.3 is 6.18 Å². The quantitative estimate of drug-likeness (QED) is 0.823. The van der Waals surface area contributed by atoms with Crippen molar-refractivity contribution in [3.63, 3.8) is 0 Å². The summed E-state index contributed by atoms with van der Waals surface area (Å²) in [4.78, 5) is 0. The molecule has 1 aromatic heterocycles. The summed E-state index contributed by atoms with van der Waals surface area (Å²) < 4.78 is 38.6. The fraction of sp³-hybridized carbons (Fsp3) is 0.182. The number of halogens is 4. The molecule has 17 heavy (non-hydrogen) atoms. The summed E-state index contributed by atoms with van der Waals surface area (Å²) >= 11 is 3.21. The topological polar surface area (TPSA) is 17.8 Å². The van der Waals surface area contributed by atoms with E-state index in [1.807, 2.05) is 6.07 Å². The van der Waals surface area contributed by atoms with Crippen LogP contribution in [0.3, 0.4) is 0 Å². The summed E-state index contributed by atoms with van der Waals surface area (Å²) in [6, 6.07) is 8.84. The Labute approximate surface area is 104 Å². The molecule has 0 unspecified atom stereocenters. The average molecular weight is 305 g/mol. The maximum Gasteiger partial charge on any atom is 0.408 e. The second-order valence-electron chi connectivity index (χ2n) is 3.48. The molecule has 0 saturated heterocycles. The Hall–Kier alpha value is -1.30. The maximum absolute atomic E-state index is 12.4. The summed E-state index contributed by atoms with van der Waals surface area (Å²) in [5, 5.41) is 3.73. The number of benzene rings is 1. The summed E-state index contributed by atoms with van der Waals surface area (Å²) in [6.45, 7) is -1.09. The molecule has 1 heterocycles. The molecule has 0 aliphatic rings. The second kappa shape index (κ2) is 4.52. The normalized spacial score (nSPS) is 11.8. The largest absolute Gasteiger partial charge is 0.408 e. The van der Waals surface area contributed by atoms with Gasteiger partial charge in [0.15, 0.2) is 0 Å². The fourth-order valence-corrected chi connectivity index (χ4v) is 2.06. The van der Waals surface area contributed by atoms with E-state index in [-0.39, 0.29) is 0 Å². The van der Waals surface area contributed by atoms with Gasteiger partial charge in [0.25, 0.3) is 0 Å². The van der Waals surface area contributed by atoms with Crippen LogP contribution < -0.4 is 0 Å². The molecule has 0 bridgehead atoms. The van der Waals surface area contributed by atoms with E-state index in [1.165, 1.54) is 6.20 Å². The zero-order valence-corrected chi connectivity index (χ0v) is 10.2. The summed E-state index contributed by atoms with van der Waals surface area (Å²) in [6.07, 6.45) is -2.91. The van der Waals surface area contributed by atoms with Crippen LogP contribution in [0.2, 0.25) is 0 Å². The lowest BCUT2D eigenvalue weighted by molar-refractivity contribution is -0.142. The van der Waals surface area contributed by atoms with E-state index >= 15 is 0 Å². The lowest BCUT2D eigenvalue weighted by Gasteiger charge is -2.10. The fourth-order valence-electron chi connectivity index (χ4n) is 1.54. The van der Waals surface area contributed by atoms with Crippen LogP contribution >= 0.6 is 15.9 Å². The SMILES string of the molecule is FC(F)(F)Cn1ncc(Br)c1-c1ccccc1. The van der Waals surface area contributed by atoms with Gasteiger partial charge in [0, 0.05) is 5.56 Å². The van der Waals surface area contributed by atoms with Crippen LogP contribution in [0, 0.1) is 0 Å². The predicted molar refractivity (Wildman–Crippen MR) is 61.4 cm³/mol. The third-order valence-electron chi connectivity index (χ3n) is 2.17. The molecule has 1 aromatic carbocycles. The molecule has 0 N–H and O–H groups in total. The van der Waals surface area contributed by atoms with Crippen molar-refractivity contribution >= 4 is 15.9 Å². The highest BCUT2D eigenvalue weighted by Crippen LogP contribution is 2.30. The molecule has 6 heteroatoms. The maximum atomic E-state index is 12.4. The van der Waals surface area contributed by atoms with E-state index < -0.39 is 12.7 Å². The molecule has 2 nitrogen and oxygen atoms in total. The third kappa shape index (κ3) is 2.88. The minimum absolute atomic E-state index is 0.433. The van der Waals surface area contributed by atoms with Gasteiger partial charge in [-0.3, -0.25) is 4.68 Å². The Morgan fingerprint density at radius 1 is 1.18 bits per heavy atom. The zero-order chi connectivity index (χ0) is 12.5. The first-order valence-electron chi connectivity index (χ1n) is 4.81. The number of aromatic nitrogens is 2. The van der Waals surface area contributed by atoms with Crippen molar-refractivity contribution in [2.45, 2.75) is 12.7 Å². The Morgan fingerprint density at radius 2 is 1.82 bits per heavy atom. The Balaban J connectivity index is 2.44. The van der Waals surface area contributed by atoms with E-state index in [2.05, 4.69) is 21.0 Å². The smallest absolute Gasteiger partial charge is 0.255 e. The molecule has 2 rings (SSSR count). The molecule has 2 aromatic rings. The highest BCUT2D eigenvalue weighted by atomic mass is 79.9. The lowest BCUT2D eigenvalue weighted by Crippen LogP contribution is -2.19. The van der Waals surface area contributed by atoms with Crippen molar-refractivity contribution in [2.24, 2.45) is 0 Å². The van der Waals surface area contributed by atoms with Crippen molar-refractivity contribution in [1.82, 2.24) is 9.78 Å². The first-order valence-corrected chi connectivity index (χ1v) is 5.60. The van der Waals surface area contributed by atoms with Gasteiger partial charge in [-0.1, -0.05) is 30.3 Å². The Kier molecular flexibility index (Phi) is 3.24. The highest BCUT2D eigenvalue weighted by Gasteiger charge is 2.30. The number of alkyl halides is 3. The van der Waals surface area contributed by atoms with E-state index in [0.717, 1.165) is 4.68 Å². The van der Waals surface area contributed by atoms with E-state index in [0.29, 0.717) is 15.7 Å². The van der Waals surface area contributed by atoms with Crippen LogP contribution in [0.1, 0.15) is 0 Å². The zero-order valence-electron chi connectivity index (χ0n) is 8.58. The summed E-state index contributed by atoms with van der Waals surface area (Å²) in [5.41, 5.74) is 1.13. The van der Waals surface area contributed by atoms with Crippen LogP contribution in [-0.4, -0.2) is 16.0 Å². The van der Waals surface area contributed by atoms with Crippen molar-refractivity contribution in [1.29, 1.82) is 0 Å². The van der Waals surface area contributed by atoms with Crippen molar-refractivity contribution < 1.29 is 13.2 Å². The van der Waals surface area contributed by atoms with Crippen LogP contribution in [0.5, 0.6) is 0 Å². The molecular formula is C11H8BrF3N2. The molecule has 0 aliphatic carbocycles. The van der Waals surface area contributed by atoms with E-state index in [1.54, 1.807) is 24.3 Å².